The van der Waals surface area contributed by atoms with Crippen LogP contribution in [0.3, 0.4) is 0 Å². The number of rotatable bonds is 1. The highest BCUT2D eigenvalue weighted by Crippen LogP contribution is 2.21. The lowest BCUT2D eigenvalue weighted by molar-refractivity contribution is 0.417. The largest absolute Gasteiger partial charge is 0.494 e. The van der Waals surface area contributed by atoms with Gasteiger partial charge in [-0.25, -0.2) is 4.98 Å². The third-order valence-corrected chi connectivity index (χ3v) is 1.76. The van der Waals surface area contributed by atoms with Gasteiger partial charge in [0.15, 0.2) is 0 Å². The van der Waals surface area contributed by atoms with E-state index in [9.17, 15) is 4.39 Å². The number of hydrogen-bond donors (Lipinski definition) is 0. The Bertz CT molecular complexity index is 450. The smallest absolute Gasteiger partial charge is 0.309 e. The van der Waals surface area contributed by atoms with E-state index in [2.05, 4.69) is 9.97 Å². The van der Waals surface area contributed by atoms with Crippen molar-refractivity contribution in [2.24, 2.45) is 0 Å². The summed E-state index contributed by atoms with van der Waals surface area (Å²) in [4.78, 5) is 7.09. The monoisotopic (exact) mass is 214 g/mol. The Kier molecular flexibility index (Phi) is 3.19. The second-order valence-corrected chi connectivity index (χ2v) is 2.54. The molecule has 0 aliphatic rings. The van der Waals surface area contributed by atoms with Crippen LogP contribution in [0.15, 0.2) is 24.4 Å². The van der Waals surface area contributed by atoms with Crippen LogP contribution in [0.1, 0.15) is 0 Å². The van der Waals surface area contributed by atoms with Crippen molar-refractivity contribution in [1.29, 1.82) is 0 Å². The fourth-order valence-electron chi connectivity index (χ4n) is 1.17. The van der Waals surface area contributed by atoms with Gasteiger partial charge in [0.2, 0.25) is 0 Å². The fourth-order valence-corrected chi connectivity index (χ4v) is 1.17. The summed E-state index contributed by atoms with van der Waals surface area (Å²) in [5.74, 6) is 0.554. The number of methoxy groups -OCH3 is 1. The van der Waals surface area contributed by atoms with Crippen molar-refractivity contribution in [3.8, 4) is 5.75 Å². The molecule has 14 heavy (non-hydrogen) atoms. The van der Waals surface area contributed by atoms with E-state index in [1.807, 2.05) is 6.07 Å². The lowest BCUT2D eigenvalue weighted by Crippen LogP contribution is -1.92. The van der Waals surface area contributed by atoms with Crippen molar-refractivity contribution < 1.29 is 9.13 Å². The van der Waals surface area contributed by atoms with Crippen LogP contribution in [-0.2, 0) is 0 Å². The summed E-state index contributed by atoms with van der Waals surface area (Å²) < 4.78 is 17.7. The molecule has 0 saturated heterocycles. The Morgan fingerprint density at radius 3 is 2.86 bits per heavy atom. The van der Waals surface area contributed by atoms with Gasteiger partial charge in [-0.05, 0) is 6.07 Å². The molecule has 0 fully saturated rings. The Morgan fingerprint density at radius 2 is 2.14 bits per heavy atom. The van der Waals surface area contributed by atoms with E-state index in [-0.39, 0.29) is 12.4 Å². The van der Waals surface area contributed by atoms with Crippen LogP contribution in [0.4, 0.5) is 4.39 Å². The van der Waals surface area contributed by atoms with Crippen molar-refractivity contribution in [1.82, 2.24) is 9.97 Å². The Hall–Kier alpha value is -1.42. The summed E-state index contributed by atoms with van der Waals surface area (Å²) in [6.07, 6.45) is 0.692. The standard InChI is InChI=1S/C9H7FN2O.ClH/c1-13-7-4-2-3-6-5-11-9(10)12-8(6)7;/h2-5H,1H3;1H. The number of fused-ring (bicyclic) bond motifs is 1. The molecule has 0 aliphatic heterocycles. The zero-order valence-electron chi connectivity index (χ0n) is 7.40. The molecule has 0 atom stereocenters. The van der Waals surface area contributed by atoms with Crippen LogP contribution < -0.4 is 4.74 Å². The molecule has 0 spiro atoms. The molecule has 0 unspecified atom stereocenters. The molecule has 3 nitrogen and oxygen atoms in total. The van der Waals surface area contributed by atoms with Gasteiger partial charge in [0.25, 0.3) is 0 Å². The first-order valence-corrected chi connectivity index (χ1v) is 3.76. The molecule has 1 aromatic heterocycles. The number of benzene rings is 1. The van der Waals surface area contributed by atoms with Crippen LogP contribution in [0.2, 0.25) is 0 Å². The van der Waals surface area contributed by atoms with E-state index in [1.165, 1.54) is 13.3 Å². The number of aromatic nitrogens is 2. The molecule has 5 heteroatoms. The van der Waals surface area contributed by atoms with Crippen LogP contribution in [0.5, 0.6) is 5.75 Å². The number of halogens is 2. The number of nitrogens with zero attached hydrogens (tertiary/aromatic N) is 2. The molecule has 0 aliphatic carbocycles. The maximum absolute atomic E-state index is 12.7. The molecule has 1 aromatic carbocycles. The topological polar surface area (TPSA) is 35.0 Å². The van der Waals surface area contributed by atoms with Crippen molar-refractivity contribution in [2.45, 2.75) is 0 Å². The predicted octanol–water partition coefficient (Wildman–Crippen LogP) is 2.20. The lowest BCUT2D eigenvalue weighted by atomic mass is 10.2. The molecule has 74 valence electrons. The maximum atomic E-state index is 12.7. The zero-order valence-corrected chi connectivity index (χ0v) is 8.21. The fraction of sp³-hybridized carbons (Fsp3) is 0.111. The molecule has 0 amide bonds. The average Bonchev–Trinajstić information content (AvgIpc) is 2.17. The van der Waals surface area contributed by atoms with Crippen LogP contribution in [0, 0.1) is 6.08 Å². The minimum atomic E-state index is -0.739. The van der Waals surface area contributed by atoms with Crippen molar-refractivity contribution >= 4 is 23.3 Å². The first-order chi connectivity index (χ1) is 6.31. The summed E-state index contributed by atoms with van der Waals surface area (Å²) in [5, 5.41) is 0.765. The lowest BCUT2D eigenvalue weighted by Gasteiger charge is -2.02. The molecular formula is C9H8ClFN2O. The highest BCUT2D eigenvalue weighted by molar-refractivity contribution is 5.85. The second-order valence-electron chi connectivity index (χ2n) is 2.54. The van der Waals surface area contributed by atoms with Crippen LogP contribution in [-0.4, -0.2) is 17.1 Å². The molecule has 0 N–H and O–H groups in total. The van der Waals surface area contributed by atoms with Gasteiger partial charge in [-0.15, -0.1) is 12.4 Å². The molecule has 0 radical (unpaired) electrons. The molecular weight excluding hydrogens is 207 g/mol. The molecule has 1 heterocycles. The third-order valence-electron chi connectivity index (χ3n) is 1.76. The summed E-state index contributed by atoms with van der Waals surface area (Å²) in [7, 11) is 1.52. The molecule has 0 saturated carbocycles. The summed E-state index contributed by atoms with van der Waals surface area (Å²) in [5.41, 5.74) is 0.498. The molecule has 2 rings (SSSR count). The second kappa shape index (κ2) is 4.19. The Morgan fingerprint density at radius 1 is 1.36 bits per heavy atom. The van der Waals surface area contributed by atoms with E-state index >= 15 is 0 Å². The van der Waals surface area contributed by atoms with E-state index in [4.69, 9.17) is 4.74 Å². The van der Waals surface area contributed by atoms with Gasteiger partial charge in [-0.1, -0.05) is 12.1 Å². The highest BCUT2D eigenvalue weighted by atomic mass is 35.5. The quantitative estimate of drug-likeness (QED) is 0.683. The summed E-state index contributed by atoms with van der Waals surface area (Å²) in [6.45, 7) is 0. The first kappa shape index (κ1) is 10.7. The minimum Gasteiger partial charge on any atom is -0.494 e. The molecule has 0 bridgehead atoms. The van der Waals surface area contributed by atoms with E-state index < -0.39 is 6.08 Å². The van der Waals surface area contributed by atoms with Gasteiger partial charge in [0.05, 0.1) is 7.11 Å². The van der Waals surface area contributed by atoms with Gasteiger partial charge in [-0.2, -0.15) is 9.37 Å². The van der Waals surface area contributed by atoms with Crippen LogP contribution >= 0.6 is 12.4 Å². The van der Waals surface area contributed by atoms with Crippen LogP contribution in [0.25, 0.3) is 10.9 Å². The minimum absolute atomic E-state index is 0. The maximum Gasteiger partial charge on any atom is 0.309 e. The van der Waals surface area contributed by atoms with E-state index in [1.54, 1.807) is 12.1 Å². The number of para-hydroxylation sites is 1. The first-order valence-electron chi connectivity index (χ1n) is 3.76. The van der Waals surface area contributed by atoms with Gasteiger partial charge in [-0.3, -0.25) is 0 Å². The Labute approximate surface area is 86.3 Å². The van der Waals surface area contributed by atoms with E-state index in [0.717, 1.165) is 5.39 Å². The molecule has 2 aromatic rings. The van der Waals surface area contributed by atoms with Crippen molar-refractivity contribution in [3.05, 3.63) is 30.5 Å². The highest BCUT2D eigenvalue weighted by Gasteiger charge is 2.03. The zero-order chi connectivity index (χ0) is 9.26. The number of hydrogen-bond acceptors (Lipinski definition) is 3. The predicted molar refractivity (Wildman–Crippen MR) is 53.3 cm³/mol. The van der Waals surface area contributed by atoms with Gasteiger partial charge in [0.1, 0.15) is 11.3 Å². The average molecular weight is 215 g/mol. The van der Waals surface area contributed by atoms with Crippen molar-refractivity contribution in [2.75, 3.05) is 7.11 Å². The Balaban J connectivity index is 0.000000980. The van der Waals surface area contributed by atoms with Gasteiger partial charge in [0, 0.05) is 11.6 Å². The van der Waals surface area contributed by atoms with E-state index in [0.29, 0.717) is 11.3 Å². The van der Waals surface area contributed by atoms with Crippen molar-refractivity contribution in [3.63, 3.8) is 0 Å². The SMILES string of the molecule is COc1cccc2cnc(F)nc12.Cl. The third kappa shape index (κ3) is 1.75. The van der Waals surface area contributed by atoms with Gasteiger partial charge < -0.3 is 4.74 Å². The normalized spacial score (nSPS) is 9.57. The number of ether oxygens (including phenoxy) is 1. The summed E-state index contributed by atoms with van der Waals surface area (Å²) in [6, 6.07) is 5.34. The summed E-state index contributed by atoms with van der Waals surface area (Å²) >= 11 is 0. The van der Waals surface area contributed by atoms with Gasteiger partial charge >= 0.3 is 6.08 Å².